The highest BCUT2D eigenvalue weighted by Crippen LogP contribution is 2.34. The molecule has 2 aromatic rings. The summed E-state index contributed by atoms with van der Waals surface area (Å²) < 4.78 is 0. The van der Waals surface area contributed by atoms with E-state index < -0.39 is 0 Å². The number of carbonyl (C=O) groups excluding carboxylic acids is 2. The normalized spacial score (nSPS) is 14.6. The maximum absolute atomic E-state index is 12.3. The zero-order valence-corrected chi connectivity index (χ0v) is 10.2. The molecule has 0 radical (unpaired) electrons. The Balaban J connectivity index is 2.17. The van der Waals surface area contributed by atoms with Crippen molar-refractivity contribution in [3.05, 3.63) is 54.6 Å². The van der Waals surface area contributed by atoms with Gasteiger partial charge in [0.2, 0.25) is 11.8 Å². The molecule has 0 spiro atoms. The molecule has 4 heteroatoms. The lowest BCUT2D eigenvalue weighted by Gasteiger charge is -2.22. The SMILES string of the molecule is O=C1CC(=O)N(c2ccccc2)c2ccccc2N1. The van der Waals surface area contributed by atoms with Crippen LogP contribution in [0.15, 0.2) is 54.6 Å². The van der Waals surface area contributed by atoms with E-state index >= 15 is 0 Å². The summed E-state index contributed by atoms with van der Waals surface area (Å²) in [5.41, 5.74) is 2.11. The number of para-hydroxylation sites is 3. The number of carbonyl (C=O) groups is 2. The predicted octanol–water partition coefficient (Wildman–Crippen LogP) is 2.69. The molecule has 2 amide bonds. The lowest BCUT2D eigenvalue weighted by atomic mass is 10.2. The third kappa shape index (κ3) is 2.08. The van der Waals surface area contributed by atoms with E-state index in [1.165, 1.54) is 0 Å². The fourth-order valence-electron chi connectivity index (χ4n) is 2.18. The summed E-state index contributed by atoms with van der Waals surface area (Å²) in [6.45, 7) is 0. The van der Waals surface area contributed by atoms with Crippen LogP contribution >= 0.6 is 0 Å². The highest BCUT2D eigenvalue weighted by atomic mass is 16.2. The summed E-state index contributed by atoms with van der Waals surface area (Å²) in [5.74, 6) is -0.510. The average Bonchev–Trinajstić information content (AvgIpc) is 2.54. The first-order chi connectivity index (χ1) is 9.25. The molecule has 0 aromatic heterocycles. The highest BCUT2D eigenvalue weighted by Gasteiger charge is 2.26. The molecule has 0 fully saturated rings. The van der Waals surface area contributed by atoms with Gasteiger partial charge in [-0.3, -0.25) is 14.5 Å². The minimum absolute atomic E-state index is 0.149. The van der Waals surface area contributed by atoms with Gasteiger partial charge in [-0.1, -0.05) is 30.3 Å². The Morgan fingerprint density at radius 1 is 0.895 bits per heavy atom. The molecule has 0 aliphatic carbocycles. The number of nitrogens with zero attached hydrogens (tertiary/aromatic N) is 1. The second-order valence-electron chi connectivity index (χ2n) is 4.31. The first-order valence-electron chi connectivity index (χ1n) is 6.02. The van der Waals surface area contributed by atoms with Gasteiger partial charge in [0.25, 0.3) is 0 Å². The zero-order chi connectivity index (χ0) is 13.2. The number of anilines is 3. The molecule has 1 aliphatic heterocycles. The van der Waals surface area contributed by atoms with Crippen molar-refractivity contribution in [2.24, 2.45) is 0 Å². The molecule has 0 saturated heterocycles. The molecule has 4 nitrogen and oxygen atoms in total. The van der Waals surface area contributed by atoms with Crippen LogP contribution in [0, 0.1) is 0 Å². The first-order valence-corrected chi connectivity index (χ1v) is 6.02. The fourth-order valence-corrected chi connectivity index (χ4v) is 2.18. The summed E-state index contributed by atoms with van der Waals surface area (Å²) in [6.07, 6.45) is -0.149. The Bertz CT molecular complexity index is 638. The molecule has 0 saturated carbocycles. The van der Waals surface area contributed by atoms with Gasteiger partial charge < -0.3 is 5.32 Å². The molecule has 19 heavy (non-hydrogen) atoms. The van der Waals surface area contributed by atoms with Gasteiger partial charge in [0.1, 0.15) is 6.42 Å². The lowest BCUT2D eigenvalue weighted by molar-refractivity contribution is -0.124. The van der Waals surface area contributed by atoms with Gasteiger partial charge in [0, 0.05) is 5.69 Å². The van der Waals surface area contributed by atoms with E-state index in [2.05, 4.69) is 5.32 Å². The number of benzene rings is 2. The van der Waals surface area contributed by atoms with E-state index in [-0.39, 0.29) is 18.2 Å². The summed E-state index contributed by atoms with van der Waals surface area (Å²) in [5, 5.41) is 2.75. The monoisotopic (exact) mass is 252 g/mol. The van der Waals surface area contributed by atoms with Crippen LogP contribution in [0.2, 0.25) is 0 Å². The Morgan fingerprint density at radius 3 is 2.37 bits per heavy atom. The largest absolute Gasteiger partial charge is 0.324 e. The van der Waals surface area contributed by atoms with Gasteiger partial charge >= 0.3 is 0 Å². The molecule has 3 rings (SSSR count). The molecule has 0 bridgehead atoms. The molecule has 1 aliphatic rings. The second kappa shape index (κ2) is 4.57. The van der Waals surface area contributed by atoms with E-state index in [1.807, 2.05) is 48.5 Å². The summed E-state index contributed by atoms with van der Waals surface area (Å²) in [7, 11) is 0. The van der Waals surface area contributed by atoms with Crippen molar-refractivity contribution in [1.82, 2.24) is 0 Å². The minimum Gasteiger partial charge on any atom is -0.324 e. The zero-order valence-electron chi connectivity index (χ0n) is 10.2. The Kier molecular flexibility index (Phi) is 2.76. The van der Waals surface area contributed by atoms with Crippen molar-refractivity contribution in [2.45, 2.75) is 6.42 Å². The van der Waals surface area contributed by atoms with Gasteiger partial charge in [0.05, 0.1) is 11.4 Å². The average molecular weight is 252 g/mol. The number of nitrogens with one attached hydrogen (secondary N) is 1. The summed E-state index contributed by atoms with van der Waals surface area (Å²) in [6, 6.07) is 16.6. The molecular formula is C15H12N2O2. The number of fused-ring (bicyclic) bond motifs is 1. The number of hydrogen-bond donors (Lipinski definition) is 1. The van der Waals surface area contributed by atoms with Crippen LogP contribution in [0.4, 0.5) is 17.1 Å². The Morgan fingerprint density at radius 2 is 1.58 bits per heavy atom. The molecule has 1 heterocycles. The third-order valence-electron chi connectivity index (χ3n) is 2.99. The topological polar surface area (TPSA) is 49.4 Å². The van der Waals surface area contributed by atoms with Crippen molar-refractivity contribution in [3.63, 3.8) is 0 Å². The number of amides is 2. The van der Waals surface area contributed by atoms with Gasteiger partial charge in [-0.2, -0.15) is 0 Å². The van der Waals surface area contributed by atoms with E-state index in [4.69, 9.17) is 0 Å². The van der Waals surface area contributed by atoms with Gasteiger partial charge in [-0.05, 0) is 24.3 Å². The quantitative estimate of drug-likeness (QED) is 0.793. The molecular weight excluding hydrogens is 240 g/mol. The van der Waals surface area contributed by atoms with E-state index in [9.17, 15) is 9.59 Å². The van der Waals surface area contributed by atoms with Crippen molar-refractivity contribution in [2.75, 3.05) is 10.2 Å². The van der Waals surface area contributed by atoms with Crippen LogP contribution in [0.5, 0.6) is 0 Å². The minimum atomic E-state index is -0.282. The smallest absolute Gasteiger partial charge is 0.241 e. The lowest BCUT2D eigenvalue weighted by Crippen LogP contribution is -2.26. The standard InChI is InChI=1S/C15H12N2O2/c18-14-10-15(19)17(11-6-2-1-3-7-11)13-9-5-4-8-12(13)16-14/h1-9H,10H2,(H,16,18). The second-order valence-corrected chi connectivity index (χ2v) is 4.31. The molecule has 2 aromatic carbocycles. The molecule has 0 atom stereocenters. The van der Waals surface area contributed by atoms with Crippen molar-refractivity contribution >= 4 is 28.9 Å². The van der Waals surface area contributed by atoms with Crippen molar-refractivity contribution in [1.29, 1.82) is 0 Å². The third-order valence-corrected chi connectivity index (χ3v) is 2.99. The van der Waals surface area contributed by atoms with Crippen molar-refractivity contribution in [3.8, 4) is 0 Å². The van der Waals surface area contributed by atoms with E-state index in [0.29, 0.717) is 11.4 Å². The van der Waals surface area contributed by atoms with Crippen LogP contribution in [0.1, 0.15) is 6.42 Å². The van der Waals surface area contributed by atoms with Crippen LogP contribution in [-0.4, -0.2) is 11.8 Å². The first kappa shape index (κ1) is 11.5. The maximum Gasteiger partial charge on any atom is 0.241 e. The van der Waals surface area contributed by atoms with Crippen LogP contribution in [0.3, 0.4) is 0 Å². The van der Waals surface area contributed by atoms with Crippen LogP contribution in [0.25, 0.3) is 0 Å². The highest BCUT2D eigenvalue weighted by molar-refractivity contribution is 6.17. The Hall–Kier alpha value is -2.62. The van der Waals surface area contributed by atoms with Gasteiger partial charge in [0.15, 0.2) is 0 Å². The number of rotatable bonds is 1. The maximum atomic E-state index is 12.3. The van der Waals surface area contributed by atoms with Crippen molar-refractivity contribution < 1.29 is 9.59 Å². The van der Waals surface area contributed by atoms with E-state index in [0.717, 1.165) is 5.69 Å². The fraction of sp³-hybridized carbons (Fsp3) is 0.0667. The summed E-state index contributed by atoms with van der Waals surface area (Å²) >= 11 is 0. The summed E-state index contributed by atoms with van der Waals surface area (Å²) in [4.78, 5) is 25.5. The molecule has 0 unspecified atom stereocenters. The van der Waals surface area contributed by atoms with Crippen LogP contribution in [-0.2, 0) is 9.59 Å². The van der Waals surface area contributed by atoms with Gasteiger partial charge in [-0.15, -0.1) is 0 Å². The Labute approximate surface area is 110 Å². The predicted molar refractivity (Wildman–Crippen MR) is 73.3 cm³/mol. The number of hydrogen-bond acceptors (Lipinski definition) is 2. The van der Waals surface area contributed by atoms with Gasteiger partial charge in [-0.25, -0.2) is 0 Å². The van der Waals surface area contributed by atoms with E-state index in [1.54, 1.807) is 11.0 Å². The molecule has 1 N–H and O–H groups in total. The van der Waals surface area contributed by atoms with Crippen LogP contribution < -0.4 is 10.2 Å². The molecule has 94 valence electrons.